The predicted molar refractivity (Wildman–Crippen MR) is 137 cm³/mol. The second-order valence-corrected chi connectivity index (χ2v) is 10.2. The van der Waals surface area contributed by atoms with Gasteiger partial charge in [-0.15, -0.1) is 0 Å². The lowest BCUT2D eigenvalue weighted by atomic mass is 9.97. The van der Waals surface area contributed by atoms with Gasteiger partial charge in [-0.25, -0.2) is 4.98 Å². The van der Waals surface area contributed by atoms with Crippen LogP contribution in [0.4, 0.5) is 0 Å². The lowest BCUT2D eigenvalue weighted by Crippen LogP contribution is -2.31. The molecule has 0 fully saturated rings. The molecule has 182 valence electrons. The number of hydrogen-bond acceptors (Lipinski definition) is 6. The van der Waals surface area contributed by atoms with E-state index in [4.69, 9.17) is 14.5 Å². The minimum absolute atomic E-state index is 0.0533. The van der Waals surface area contributed by atoms with Crippen LogP contribution in [0.15, 0.2) is 64.1 Å². The van der Waals surface area contributed by atoms with Crippen LogP contribution in [0, 0.1) is 0 Å². The summed E-state index contributed by atoms with van der Waals surface area (Å²) in [6.07, 6.45) is 7.79. The number of aromatic nitrogens is 2. The van der Waals surface area contributed by atoms with Crippen molar-refractivity contribution in [3.05, 3.63) is 70.0 Å². The monoisotopic (exact) mass is 491 g/mol. The molecule has 2 aliphatic rings. The van der Waals surface area contributed by atoms with Crippen LogP contribution in [-0.4, -0.2) is 27.5 Å². The van der Waals surface area contributed by atoms with Crippen LogP contribution in [0.1, 0.15) is 44.6 Å². The molecule has 0 saturated heterocycles. The number of thioether (sulfide) groups is 1. The molecule has 5 rings (SSSR count). The van der Waals surface area contributed by atoms with Crippen molar-refractivity contribution in [3.63, 3.8) is 0 Å². The van der Waals surface area contributed by atoms with E-state index in [1.165, 1.54) is 30.2 Å². The van der Waals surface area contributed by atoms with E-state index in [1.807, 2.05) is 49.4 Å². The van der Waals surface area contributed by atoms with Gasteiger partial charge in [0.1, 0.15) is 0 Å². The number of carbonyl (C=O) groups excluding carboxylic acids is 1. The lowest BCUT2D eigenvalue weighted by molar-refractivity contribution is -0.120. The topological polar surface area (TPSA) is 82.5 Å². The molecule has 0 radical (unpaired) electrons. The van der Waals surface area contributed by atoms with E-state index in [1.54, 1.807) is 4.57 Å². The summed E-state index contributed by atoms with van der Waals surface area (Å²) in [4.78, 5) is 31.0. The third-order valence-corrected chi connectivity index (χ3v) is 7.51. The number of nitrogens with zero attached hydrogens (tertiary/aromatic N) is 2. The van der Waals surface area contributed by atoms with Gasteiger partial charge in [-0.3, -0.25) is 14.2 Å². The Morgan fingerprint density at radius 1 is 1.17 bits per heavy atom. The first kappa shape index (κ1) is 23.5. The molecule has 1 amide bonds. The standard InChI is InChI=1S/C27H29N3O4S/c1-18(25(31)28-16-20-11-12-23-24(15-20)34-17-33-23)35-27-29-22-10-6-5-9-21(22)26(32)30(27)14-13-19-7-3-2-4-8-19/h5-7,9-12,15,18H,2-4,8,13-14,16-17H2,1H3,(H,28,31). The highest BCUT2D eigenvalue weighted by atomic mass is 32.2. The first-order valence-corrected chi connectivity index (χ1v) is 13.0. The Balaban J connectivity index is 1.31. The quantitative estimate of drug-likeness (QED) is 0.277. The highest BCUT2D eigenvalue weighted by Gasteiger charge is 2.20. The largest absolute Gasteiger partial charge is 0.454 e. The molecule has 7 nitrogen and oxygen atoms in total. The van der Waals surface area contributed by atoms with Crippen molar-refractivity contribution in [2.24, 2.45) is 0 Å². The molecule has 1 unspecified atom stereocenters. The van der Waals surface area contributed by atoms with Gasteiger partial charge < -0.3 is 14.8 Å². The Bertz CT molecular complexity index is 1330. The second-order valence-electron chi connectivity index (χ2n) is 8.89. The molecule has 0 saturated carbocycles. The van der Waals surface area contributed by atoms with E-state index in [0.717, 1.165) is 24.8 Å². The van der Waals surface area contributed by atoms with Gasteiger partial charge in [-0.2, -0.15) is 0 Å². The van der Waals surface area contributed by atoms with Crippen molar-refractivity contribution >= 4 is 28.6 Å². The Morgan fingerprint density at radius 3 is 2.89 bits per heavy atom. The van der Waals surface area contributed by atoms with Gasteiger partial charge >= 0.3 is 0 Å². The van der Waals surface area contributed by atoms with E-state index < -0.39 is 5.25 Å². The number of hydrogen-bond donors (Lipinski definition) is 1. The predicted octanol–water partition coefficient (Wildman–Crippen LogP) is 4.81. The van der Waals surface area contributed by atoms with E-state index in [0.29, 0.717) is 40.6 Å². The van der Waals surface area contributed by atoms with Crippen molar-refractivity contribution in [2.75, 3.05) is 6.79 Å². The first-order valence-electron chi connectivity index (χ1n) is 12.1. The summed E-state index contributed by atoms with van der Waals surface area (Å²) in [5.41, 5.74) is 2.94. The fourth-order valence-electron chi connectivity index (χ4n) is 4.42. The van der Waals surface area contributed by atoms with Crippen LogP contribution in [0.5, 0.6) is 11.5 Å². The van der Waals surface area contributed by atoms with Crippen molar-refractivity contribution in [2.45, 2.75) is 62.5 Å². The molecule has 8 heteroatoms. The van der Waals surface area contributed by atoms with Crippen LogP contribution in [-0.2, 0) is 17.9 Å². The Labute approximate surface area is 208 Å². The zero-order valence-corrected chi connectivity index (χ0v) is 20.6. The van der Waals surface area contributed by atoms with Gasteiger partial charge in [0.15, 0.2) is 16.7 Å². The first-order chi connectivity index (χ1) is 17.1. The molecule has 1 aliphatic carbocycles. The van der Waals surface area contributed by atoms with Crippen molar-refractivity contribution in [3.8, 4) is 11.5 Å². The summed E-state index contributed by atoms with van der Waals surface area (Å²) in [5.74, 6) is 1.29. The van der Waals surface area contributed by atoms with Gasteiger partial charge in [-0.1, -0.05) is 41.6 Å². The van der Waals surface area contributed by atoms with Crippen LogP contribution >= 0.6 is 11.8 Å². The number of rotatable bonds is 8. The molecule has 1 aliphatic heterocycles. The SMILES string of the molecule is CC(Sc1nc2ccccc2c(=O)n1CCC1=CCCCC1)C(=O)NCc1ccc2c(c1)OCO2. The molecule has 3 aromatic rings. The molecule has 2 aromatic carbocycles. The molecular formula is C27H29N3O4S. The van der Waals surface area contributed by atoms with E-state index in [9.17, 15) is 9.59 Å². The number of fused-ring (bicyclic) bond motifs is 2. The zero-order chi connectivity index (χ0) is 24.2. The fraction of sp³-hybridized carbons (Fsp3) is 0.370. The zero-order valence-electron chi connectivity index (χ0n) is 19.8. The minimum Gasteiger partial charge on any atom is -0.454 e. The van der Waals surface area contributed by atoms with E-state index in [-0.39, 0.29) is 18.3 Å². The third kappa shape index (κ3) is 5.37. The highest BCUT2D eigenvalue weighted by molar-refractivity contribution is 8.00. The minimum atomic E-state index is -0.419. The van der Waals surface area contributed by atoms with Gasteiger partial charge in [0, 0.05) is 13.1 Å². The number of amides is 1. The average molecular weight is 492 g/mol. The van der Waals surface area contributed by atoms with Crippen LogP contribution in [0.2, 0.25) is 0 Å². The number of ether oxygens (including phenoxy) is 2. The van der Waals surface area contributed by atoms with Gasteiger partial charge in [-0.05, 0) is 68.9 Å². The van der Waals surface area contributed by atoms with Crippen molar-refractivity contribution < 1.29 is 14.3 Å². The van der Waals surface area contributed by atoms with E-state index in [2.05, 4.69) is 11.4 Å². The maximum atomic E-state index is 13.3. The third-order valence-electron chi connectivity index (χ3n) is 6.42. The van der Waals surface area contributed by atoms with Crippen molar-refractivity contribution in [1.29, 1.82) is 0 Å². The molecule has 0 spiro atoms. The molecule has 1 N–H and O–H groups in total. The summed E-state index contributed by atoms with van der Waals surface area (Å²) >= 11 is 1.32. The van der Waals surface area contributed by atoms with Crippen LogP contribution in [0.3, 0.4) is 0 Å². The summed E-state index contributed by atoms with van der Waals surface area (Å²) < 4.78 is 12.5. The van der Waals surface area contributed by atoms with Crippen molar-refractivity contribution in [1.82, 2.24) is 14.9 Å². The van der Waals surface area contributed by atoms with E-state index >= 15 is 0 Å². The molecule has 1 aromatic heterocycles. The average Bonchev–Trinajstić information content (AvgIpc) is 3.35. The van der Waals surface area contributed by atoms with Crippen LogP contribution < -0.4 is 20.3 Å². The number of benzene rings is 2. The smallest absolute Gasteiger partial charge is 0.262 e. The van der Waals surface area contributed by atoms with Gasteiger partial charge in [0.05, 0.1) is 16.2 Å². The Hall–Kier alpha value is -3.26. The maximum absolute atomic E-state index is 13.3. The maximum Gasteiger partial charge on any atom is 0.262 e. The molecule has 2 heterocycles. The number of nitrogens with one attached hydrogen (secondary N) is 1. The highest BCUT2D eigenvalue weighted by Crippen LogP contribution is 2.32. The number of carbonyl (C=O) groups is 1. The fourth-order valence-corrected chi connectivity index (χ4v) is 5.38. The molecule has 1 atom stereocenters. The normalized spacial score (nSPS) is 15.6. The molecular weight excluding hydrogens is 462 g/mol. The lowest BCUT2D eigenvalue weighted by Gasteiger charge is -2.18. The van der Waals surface area contributed by atoms with Crippen LogP contribution in [0.25, 0.3) is 10.9 Å². The number of para-hydroxylation sites is 1. The second kappa shape index (κ2) is 10.6. The van der Waals surface area contributed by atoms with Gasteiger partial charge in [0.25, 0.3) is 5.56 Å². The summed E-state index contributed by atoms with van der Waals surface area (Å²) in [7, 11) is 0. The molecule has 0 bridgehead atoms. The van der Waals surface area contributed by atoms with Gasteiger partial charge in [0.2, 0.25) is 12.7 Å². The Morgan fingerprint density at radius 2 is 2.03 bits per heavy atom. The summed E-state index contributed by atoms with van der Waals surface area (Å²) in [6.45, 7) is 3.01. The molecule has 35 heavy (non-hydrogen) atoms. The Kier molecular flexibility index (Phi) is 7.08. The number of allylic oxidation sites excluding steroid dienone is 2. The summed E-state index contributed by atoms with van der Waals surface area (Å²) in [6, 6.07) is 13.0. The summed E-state index contributed by atoms with van der Waals surface area (Å²) in [5, 5.41) is 3.75.